The number of aromatic carboxylic acids is 1. The van der Waals surface area contributed by atoms with Crippen LogP contribution in [0.1, 0.15) is 68.4 Å². The fraction of sp³-hybridized carbons (Fsp3) is 0.483. The van der Waals surface area contributed by atoms with Crippen LogP contribution in [0.4, 0.5) is 4.39 Å². The molecule has 1 unspecified atom stereocenters. The van der Waals surface area contributed by atoms with Crippen molar-refractivity contribution in [2.75, 3.05) is 13.7 Å². The number of benzene rings is 1. The maximum absolute atomic E-state index is 14.5. The number of nitriles is 1. The Morgan fingerprint density at radius 3 is 2.40 bits per heavy atom. The summed E-state index contributed by atoms with van der Waals surface area (Å²) in [5.41, 5.74) is -3.97. The second-order valence-corrected chi connectivity index (χ2v) is 12.4. The van der Waals surface area contributed by atoms with Gasteiger partial charge in [-0.3, -0.25) is 14.2 Å². The van der Waals surface area contributed by atoms with Crippen molar-refractivity contribution in [1.29, 1.82) is 5.26 Å². The van der Waals surface area contributed by atoms with Gasteiger partial charge in [0.2, 0.25) is 5.91 Å². The molecule has 3 rings (SSSR count). The van der Waals surface area contributed by atoms with Crippen molar-refractivity contribution in [3.05, 3.63) is 60.9 Å². The lowest BCUT2D eigenvalue weighted by Crippen LogP contribution is -2.56. The van der Waals surface area contributed by atoms with Crippen LogP contribution in [-0.2, 0) is 21.6 Å². The number of methoxy groups -OCH3 is 1. The molecule has 11 nitrogen and oxygen atoms in total. The second kappa shape index (κ2) is 12.1. The van der Waals surface area contributed by atoms with Crippen LogP contribution in [0.2, 0.25) is 0 Å². The highest BCUT2D eigenvalue weighted by atomic mass is 32.1. The molecule has 2 heterocycles. The summed E-state index contributed by atoms with van der Waals surface area (Å²) in [4.78, 5) is 53.2. The van der Waals surface area contributed by atoms with Gasteiger partial charge in [-0.25, -0.2) is 18.5 Å². The topological polar surface area (TPSA) is 153 Å². The fourth-order valence-electron chi connectivity index (χ4n) is 4.45. The number of halogens is 1. The molecule has 3 aromatic rings. The van der Waals surface area contributed by atoms with Crippen LogP contribution < -0.4 is 21.3 Å². The number of carbonyl (C=O) groups excluding carboxylic acids is 1. The van der Waals surface area contributed by atoms with Crippen molar-refractivity contribution < 1.29 is 28.6 Å². The zero-order chi connectivity index (χ0) is 31.7. The highest BCUT2D eigenvalue weighted by Crippen LogP contribution is 2.34. The predicted octanol–water partition coefficient (Wildman–Crippen LogP) is 3.95. The maximum Gasteiger partial charge on any atom is 0.346 e. The third-order valence-corrected chi connectivity index (χ3v) is 8.08. The Balaban J connectivity index is 2.40. The number of carboxylic acid groups (broad SMARTS) is 1. The molecule has 0 aliphatic heterocycles. The number of fused-ring (bicyclic) bond motifs is 1. The van der Waals surface area contributed by atoms with Crippen molar-refractivity contribution in [2.45, 2.75) is 72.7 Å². The maximum atomic E-state index is 14.5. The molecule has 1 atom stereocenters. The van der Waals surface area contributed by atoms with Gasteiger partial charge in [0.25, 0.3) is 5.56 Å². The average Bonchev–Trinajstić information content (AvgIpc) is 3.25. The van der Waals surface area contributed by atoms with Crippen LogP contribution >= 0.6 is 11.3 Å². The number of carboxylic acids is 1. The molecule has 0 spiro atoms. The summed E-state index contributed by atoms with van der Waals surface area (Å²) in [6, 6.07) is 5.61. The molecule has 42 heavy (non-hydrogen) atoms. The van der Waals surface area contributed by atoms with Gasteiger partial charge in [-0.1, -0.05) is 0 Å². The number of nitrogens with zero attached hydrogens (tertiary/aromatic N) is 3. The first-order chi connectivity index (χ1) is 19.5. The van der Waals surface area contributed by atoms with Crippen molar-refractivity contribution in [1.82, 2.24) is 14.5 Å². The fourth-order valence-corrected chi connectivity index (χ4v) is 5.59. The molecule has 0 saturated heterocycles. The number of thiophene rings is 1. The highest BCUT2D eigenvalue weighted by Gasteiger charge is 2.37. The van der Waals surface area contributed by atoms with Gasteiger partial charge in [0.05, 0.1) is 37.1 Å². The number of hydrogen-bond donors (Lipinski definition) is 2. The first-order valence-electron chi connectivity index (χ1n) is 13.2. The average molecular weight is 603 g/mol. The molecule has 13 heteroatoms. The van der Waals surface area contributed by atoms with E-state index in [9.17, 15) is 33.9 Å². The van der Waals surface area contributed by atoms with E-state index in [4.69, 9.17) is 9.47 Å². The van der Waals surface area contributed by atoms with Gasteiger partial charge < -0.3 is 19.9 Å². The molecule has 1 aromatic carbocycles. The molecule has 1 amide bonds. The summed E-state index contributed by atoms with van der Waals surface area (Å²) in [5.74, 6) is -2.23. The van der Waals surface area contributed by atoms with Crippen LogP contribution in [-0.4, -0.2) is 45.9 Å². The normalized spacial score (nSPS) is 12.8. The van der Waals surface area contributed by atoms with Crippen LogP contribution in [0.25, 0.3) is 10.2 Å². The van der Waals surface area contributed by atoms with Gasteiger partial charge in [-0.2, -0.15) is 5.26 Å². The number of ether oxygens (including phenoxy) is 2. The minimum Gasteiger partial charge on any atom is -0.496 e. The summed E-state index contributed by atoms with van der Waals surface area (Å²) < 4.78 is 28.0. The number of carbonyl (C=O) groups is 2. The summed E-state index contributed by atoms with van der Waals surface area (Å²) in [6.07, 6.45) is -1.08. The highest BCUT2D eigenvalue weighted by molar-refractivity contribution is 7.20. The number of aromatic nitrogens is 2. The first kappa shape index (κ1) is 32.5. The number of rotatable bonds is 11. The molecular weight excluding hydrogens is 567 g/mol. The molecule has 2 N–H and O–H groups in total. The lowest BCUT2D eigenvalue weighted by Gasteiger charge is -2.29. The molecule has 0 radical (unpaired) electrons. The molecule has 226 valence electrons. The van der Waals surface area contributed by atoms with E-state index < -0.39 is 46.0 Å². The van der Waals surface area contributed by atoms with Crippen LogP contribution in [0, 0.1) is 29.5 Å². The van der Waals surface area contributed by atoms with Crippen LogP contribution in [0.15, 0.2) is 27.8 Å². The smallest absolute Gasteiger partial charge is 0.346 e. The molecule has 0 aliphatic carbocycles. The number of amides is 1. The largest absolute Gasteiger partial charge is 0.496 e. The van der Waals surface area contributed by atoms with Gasteiger partial charge in [0.15, 0.2) is 0 Å². The molecule has 2 aromatic heterocycles. The van der Waals surface area contributed by atoms with E-state index in [0.717, 1.165) is 15.9 Å². The lowest BCUT2D eigenvalue weighted by atomic mass is 9.97. The minimum absolute atomic E-state index is 0.0373. The van der Waals surface area contributed by atoms with Crippen molar-refractivity contribution in [3.8, 4) is 11.8 Å². The second-order valence-electron chi connectivity index (χ2n) is 11.4. The Labute approximate surface area is 246 Å². The molecule has 0 aliphatic rings. The number of hydrogen-bond acceptors (Lipinski definition) is 8. The summed E-state index contributed by atoms with van der Waals surface area (Å²) in [6.45, 7) is 10.6. The van der Waals surface area contributed by atoms with Gasteiger partial charge in [-0.15, -0.1) is 11.3 Å². The van der Waals surface area contributed by atoms with Crippen molar-refractivity contribution >= 4 is 33.4 Å². The summed E-state index contributed by atoms with van der Waals surface area (Å²) in [5, 5.41) is 22.1. The van der Waals surface area contributed by atoms with Gasteiger partial charge in [0.1, 0.15) is 32.9 Å². The zero-order valence-corrected chi connectivity index (χ0v) is 25.6. The predicted molar refractivity (Wildman–Crippen MR) is 156 cm³/mol. The monoisotopic (exact) mass is 602 g/mol. The van der Waals surface area contributed by atoms with Crippen LogP contribution in [0.5, 0.6) is 5.75 Å². The van der Waals surface area contributed by atoms with E-state index in [2.05, 4.69) is 11.4 Å². The Kier molecular flexibility index (Phi) is 9.34. The van der Waals surface area contributed by atoms with Gasteiger partial charge in [0, 0.05) is 11.6 Å². The first-order valence-corrected chi connectivity index (χ1v) is 14.0. The van der Waals surface area contributed by atoms with E-state index in [0.29, 0.717) is 0 Å². The Morgan fingerprint density at radius 1 is 1.21 bits per heavy atom. The van der Waals surface area contributed by atoms with Crippen molar-refractivity contribution in [3.63, 3.8) is 0 Å². The standard InChI is InChI=1S/C29H35FN4O7S/c1-15(2)32-26(38)29(6,7)34-23(35)21-16(3)22(25(36)37)42-24(21)33(27(34)39)12-20(41-14-28(4,5)13-31)18-11-17(30)9-10-19(18)40-8/h9-11,15,20H,12,14H2,1-8H3,(H,32,38)(H,36,37). The van der Waals surface area contributed by atoms with Gasteiger partial charge >= 0.3 is 11.7 Å². The SMILES string of the molecule is COc1ccc(F)cc1C(Cn1c(=O)n(C(C)(C)C(=O)NC(C)C)c(=O)c2c(C)c(C(=O)O)sc21)OCC(C)(C)C#N. The quantitative estimate of drug-likeness (QED) is 0.335. The summed E-state index contributed by atoms with van der Waals surface area (Å²) >= 11 is 0.740. The van der Waals surface area contributed by atoms with Crippen molar-refractivity contribution in [2.24, 2.45) is 5.41 Å². The van der Waals surface area contributed by atoms with E-state index in [-0.39, 0.29) is 51.2 Å². The summed E-state index contributed by atoms with van der Waals surface area (Å²) in [7, 11) is 1.38. The van der Waals surface area contributed by atoms with E-state index in [1.807, 2.05) is 0 Å². The van der Waals surface area contributed by atoms with E-state index in [1.54, 1.807) is 27.7 Å². The number of nitrogens with one attached hydrogen (secondary N) is 1. The number of aryl methyl sites for hydroxylation is 1. The Bertz CT molecular complexity index is 1690. The van der Waals surface area contributed by atoms with E-state index >= 15 is 0 Å². The minimum atomic E-state index is -1.68. The molecule has 0 bridgehead atoms. The lowest BCUT2D eigenvalue weighted by molar-refractivity contribution is -0.129. The Hall–Kier alpha value is -4.02. The molecule has 0 saturated carbocycles. The van der Waals surface area contributed by atoms with E-state index in [1.165, 1.54) is 50.6 Å². The third-order valence-electron chi connectivity index (χ3n) is 6.78. The Morgan fingerprint density at radius 2 is 1.86 bits per heavy atom. The van der Waals surface area contributed by atoms with Gasteiger partial charge in [-0.05, 0) is 72.2 Å². The van der Waals surface area contributed by atoms with Crippen LogP contribution in [0.3, 0.4) is 0 Å². The molecule has 0 fully saturated rings. The third kappa shape index (κ3) is 6.24. The zero-order valence-electron chi connectivity index (χ0n) is 24.8. The molecular formula is C29H35FN4O7S.